The van der Waals surface area contributed by atoms with Crippen LogP contribution in [0, 0.1) is 0 Å². The summed E-state index contributed by atoms with van der Waals surface area (Å²) in [6.07, 6.45) is 5.64. The van der Waals surface area contributed by atoms with E-state index in [-0.39, 0.29) is 6.61 Å². The van der Waals surface area contributed by atoms with E-state index in [9.17, 15) is 4.39 Å². The highest BCUT2D eigenvalue weighted by Crippen LogP contribution is 2.42. The number of aromatic amines is 1. The van der Waals surface area contributed by atoms with Crippen LogP contribution in [0.4, 0.5) is 4.39 Å². The molecule has 1 aliphatic rings. The fraction of sp³-hybridized carbons (Fsp3) is 0.400. The van der Waals surface area contributed by atoms with Crippen molar-refractivity contribution in [1.82, 2.24) is 25.6 Å². The molecular weight excluding hydrogens is 345 g/mol. The number of pyridine rings is 1. The highest BCUT2D eigenvalue weighted by Gasteiger charge is 2.25. The number of ether oxygens (including phenoxy) is 1. The lowest BCUT2D eigenvalue weighted by molar-refractivity contribution is 0.280. The van der Waals surface area contributed by atoms with Gasteiger partial charge in [-0.05, 0) is 47.2 Å². The number of H-pyrrole nitrogens is 1. The Balaban J connectivity index is 1.95. The molecule has 1 aromatic carbocycles. The summed E-state index contributed by atoms with van der Waals surface area (Å²) >= 11 is 0. The van der Waals surface area contributed by atoms with Gasteiger partial charge < -0.3 is 4.74 Å². The first-order valence-corrected chi connectivity index (χ1v) is 9.42. The Morgan fingerprint density at radius 3 is 2.67 bits per heavy atom. The van der Waals surface area contributed by atoms with Crippen LogP contribution < -0.4 is 4.74 Å². The van der Waals surface area contributed by atoms with Crippen LogP contribution >= 0.6 is 0 Å². The van der Waals surface area contributed by atoms with Crippen LogP contribution in [0.25, 0.3) is 22.5 Å². The Hall–Kier alpha value is -2.83. The smallest absolute Gasteiger partial charge is 0.225 e. The number of nitrogens with zero attached hydrogens (tertiary/aromatic N) is 4. The van der Waals surface area contributed by atoms with E-state index < -0.39 is 6.67 Å². The Kier molecular flexibility index (Phi) is 5.37. The van der Waals surface area contributed by atoms with Gasteiger partial charge in [0.1, 0.15) is 0 Å². The monoisotopic (exact) mass is 367 g/mol. The first-order chi connectivity index (χ1) is 13.4. The third-order valence-electron chi connectivity index (χ3n) is 4.85. The molecule has 0 unspecified atom stereocenters. The Morgan fingerprint density at radius 1 is 1.04 bits per heavy atom. The van der Waals surface area contributed by atoms with Crippen molar-refractivity contribution in [3.05, 3.63) is 41.6 Å². The number of tetrazole rings is 1. The van der Waals surface area contributed by atoms with Gasteiger partial charge >= 0.3 is 0 Å². The van der Waals surface area contributed by atoms with Gasteiger partial charge in [0.05, 0.1) is 18.8 Å². The fourth-order valence-electron chi connectivity index (χ4n) is 3.63. The summed E-state index contributed by atoms with van der Waals surface area (Å²) in [5.41, 5.74) is 5.21. The Bertz CT molecular complexity index is 883. The lowest BCUT2D eigenvalue weighted by atomic mass is 9.91. The van der Waals surface area contributed by atoms with Gasteiger partial charge in [0.25, 0.3) is 0 Å². The predicted octanol–water partition coefficient (Wildman–Crippen LogP) is 3.94. The normalized spacial score (nSPS) is 13.8. The van der Waals surface area contributed by atoms with Crippen LogP contribution in [-0.4, -0.2) is 38.9 Å². The number of aryl methyl sites for hydroxylation is 1. The van der Waals surface area contributed by atoms with Gasteiger partial charge in [-0.25, -0.2) is 10.1 Å². The summed E-state index contributed by atoms with van der Waals surface area (Å²) in [7, 11) is 0. The molecule has 0 atom stereocenters. The van der Waals surface area contributed by atoms with Gasteiger partial charge in [0, 0.05) is 17.7 Å². The molecule has 140 valence electrons. The molecule has 6 nitrogen and oxygen atoms in total. The van der Waals surface area contributed by atoms with Gasteiger partial charge in [0.2, 0.25) is 5.88 Å². The van der Waals surface area contributed by atoms with Crippen molar-refractivity contribution in [2.45, 2.75) is 38.5 Å². The Morgan fingerprint density at radius 2 is 1.89 bits per heavy atom. The second kappa shape index (κ2) is 8.24. The van der Waals surface area contributed by atoms with Gasteiger partial charge in [-0.15, -0.1) is 5.10 Å². The van der Waals surface area contributed by atoms with Gasteiger partial charge in [-0.3, -0.25) is 4.39 Å². The zero-order valence-electron chi connectivity index (χ0n) is 15.1. The maximum absolute atomic E-state index is 12.6. The minimum absolute atomic E-state index is 0.269. The minimum Gasteiger partial charge on any atom is -0.477 e. The molecule has 1 aliphatic carbocycles. The summed E-state index contributed by atoms with van der Waals surface area (Å²) < 4.78 is 18.5. The number of aromatic nitrogens is 5. The molecule has 7 heteroatoms. The van der Waals surface area contributed by atoms with E-state index >= 15 is 0 Å². The molecule has 3 aromatic rings. The third-order valence-corrected chi connectivity index (χ3v) is 4.85. The highest BCUT2D eigenvalue weighted by molar-refractivity contribution is 5.86. The summed E-state index contributed by atoms with van der Waals surface area (Å²) in [4.78, 5) is 4.83. The molecule has 0 fully saturated rings. The number of alkyl halides is 1. The van der Waals surface area contributed by atoms with Crippen molar-refractivity contribution in [2.24, 2.45) is 0 Å². The molecule has 0 saturated carbocycles. The van der Waals surface area contributed by atoms with Crippen molar-refractivity contribution >= 4 is 0 Å². The van der Waals surface area contributed by atoms with E-state index in [2.05, 4.69) is 32.8 Å². The molecule has 0 amide bonds. The van der Waals surface area contributed by atoms with E-state index in [1.54, 1.807) is 0 Å². The maximum atomic E-state index is 12.6. The maximum Gasteiger partial charge on any atom is 0.225 e. The van der Waals surface area contributed by atoms with Gasteiger partial charge in [0.15, 0.2) is 5.82 Å². The van der Waals surface area contributed by atoms with Crippen LogP contribution in [0.2, 0.25) is 0 Å². The predicted molar refractivity (Wildman–Crippen MR) is 100 cm³/mol. The van der Waals surface area contributed by atoms with Crippen LogP contribution in [0.15, 0.2) is 30.3 Å². The average Bonchev–Trinajstić information content (AvgIpc) is 3.13. The van der Waals surface area contributed by atoms with Crippen LogP contribution in [0.5, 0.6) is 5.88 Å². The number of halogens is 1. The number of hydrogen-bond acceptors (Lipinski definition) is 5. The molecule has 1 N–H and O–H groups in total. The average molecular weight is 367 g/mol. The van der Waals surface area contributed by atoms with Gasteiger partial charge in [-0.1, -0.05) is 36.8 Å². The van der Waals surface area contributed by atoms with Crippen LogP contribution in [0.3, 0.4) is 0 Å². The van der Waals surface area contributed by atoms with Crippen molar-refractivity contribution in [1.29, 1.82) is 0 Å². The van der Waals surface area contributed by atoms with E-state index in [0.29, 0.717) is 18.1 Å². The first kappa shape index (κ1) is 17.6. The SMILES string of the molecule is FCCCOc1nc2c(c(-c3ccccc3)c1-c1nnn[nH]1)CCCCC2. The first-order valence-electron chi connectivity index (χ1n) is 9.42. The zero-order chi connectivity index (χ0) is 18.5. The van der Waals surface area contributed by atoms with Crippen molar-refractivity contribution in [3.8, 4) is 28.4 Å². The molecular formula is C20H22FN5O. The van der Waals surface area contributed by atoms with Crippen LogP contribution in [0.1, 0.15) is 36.9 Å². The molecule has 4 rings (SSSR count). The third kappa shape index (κ3) is 3.67. The Labute approximate surface area is 157 Å². The molecule has 0 spiro atoms. The van der Waals surface area contributed by atoms with Crippen molar-refractivity contribution < 1.29 is 9.13 Å². The summed E-state index contributed by atoms with van der Waals surface area (Å²) in [5.74, 6) is 0.991. The zero-order valence-corrected chi connectivity index (χ0v) is 15.1. The second-order valence-electron chi connectivity index (χ2n) is 6.66. The second-order valence-corrected chi connectivity index (χ2v) is 6.66. The largest absolute Gasteiger partial charge is 0.477 e. The number of hydrogen-bond donors (Lipinski definition) is 1. The lowest BCUT2D eigenvalue weighted by Gasteiger charge is -2.19. The molecule has 2 heterocycles. The van der Waals surface area contributed by atoms with Gasteiger partial charge in [-0.2, -0.15) is 0 Å². The quantitative estimate of drug-likeness (QED) is 0.527. The molecule has 27 heavy (non-hydrogen) atoms. The number of benzene rings is 1. The molecule has 0 bridgehead atoms. The standard InChI is InChI=1S/C20H22FN5O/c21-12-7-13-27-20-18(19-23-25-26-24-19)17(14-8-3-1-4-9-14)15-10-5-2-6-11-16(15)22-20/h1,3-4,8-9H,2,5-7,10-13H2,(H,23,24,25,26). The van der Waals surface area contributed by atoms with Crippen molar-refractivity contribution in [2.75, 3.05) is 13.3 Å². The summed E-state index contributed by atoms with van der Waals surface area (Å²) in [5, 5.41) is 14.4. The minimum atomic E-state index is -0.421. The lowest BCUT2D eigenvalue weighted by Crippen LogP contribution is -2.08. The van der Waals surface area contributed by atoms with E-state index in [1.807, 2.05) is 18.2 Å². The number of rotatable bonds is 6. The molecule has 2 aromatic heterocycles. The fourth-order valence-corrected chi connectivity index (χ4v) is 3.63. The van der Waals surface area contributed by atoms with E-state index in [0.717, 1.165) is 48.1 Å². The summed E-state index contributed by atoms with van der Waals surface area (Å²) in [6, 6.07) is 10.2. The highest BCUT2D eigenvalue weighted by atomic mass is 19.1. The van der Waals surface area contributed by atoms with Crippen molar-refractivity contribution in [3.63, 3.8) is 0 Å². The number of nitrogens with one attached hydrogen (secondary N) is 1. The summed E-state index contributed by atoms with van der Waals surface area (Å²) in [6.45, 7) is -0.152. The molecule has 0 aliphatic heterocycles. The van der Waals surface area contributed by atoms with E-state index in [1.165, 1.54) is 12.0 Å². The topological polar surface area (TPSA) is 76.6 Å². The van der Waals surface area contributed by atoms with Crippen LogP contribution in [-0.2, 0) is 12.8 Å². The number of fused-ring (bicyclic) bond motifs is 1. The van der Waals surface area contributed by atoms with E-state index in [4.69, 9.17) is 9.72 Å². The molecule has 0 radical (unpaired) electrons. The molecule has 0 saturated heterocycles.